The van der Waals surface area contributed by atoms with Crippen molar-refractivity contribution >= 4 is 0 Å². The number of H-pyrrole nitrogens is 1. The van der Waals surface area contributed by atoms with Gasteiger partial charge in [0.25, 0.3) is 5.56 Å². The molecule has 1 aromatic carbocycles. The molecule has 2 aromatic heterocycles. The molecule has 3 heterocycles. The van der Waals surface area contributed by atoms with Crippen molar-refractivity contribution in [2.24, 2.45) is 0 Å². The third-order valence-electron chi connectivity index (χ3n) is 4.79. The van der Waals surface area contributed by atoms with Gasteiger partial charge in [0.05, 0.1) is 5.69 Å². The van der Waals surface area contributed by atoms with Gasteiger partial charge in [-0.3, -0.25) is 14.4 Å². The van der Waals surface area contributed by atoms with E-state index >= 15 is 0 Å². The quantitative estimate of drug-likeness (QED) is 0.689. The molecule has 0 spiro atoms. The van der Waals surface area contributed by atoms with Gasteiger partial charge < -0.3 is 10.3 Å². The molecule has 1 aliphatic rings. The maximum Gasteiger partial charge on any atom is 0.251 e. The Morgan fingerprint density at radius 2 is 1.93 bits per heavy atom. The SMILES string of the molecule is O=c1cc(CCn2cccn2)nc(-c2ccc(CN3CCNCC3)cc2)[nH]1. The largest absolute Gasteiger partial charge is 0.314 e. The molecule has 0 saturated carbocycles. The molecule has 7 heteroatoms. The van der Waals surface area contributed by atoms with E-state index in [1.165, 1.54) is 5.56 Å². The van der Waals surface area contributed by atoms with Crippen LogP contribution in [0.15, 0.2) is 53.6 Å². The molecule has 140 valence electrons. The Balaban J connectivity index is 1.46. The molecule has 0 atom stereocenters. The number of rotatable bonds is 6. The standard InChI is InChI=1S/C20H24N6O/c27-19-14-18(6-11-26-10-1-7-22-26)23-20(24-19)17-4-2-16(3-5-17)15-25-12-8-21-9-13-25/h1-5,7,10,14,21H,6,8-9,11-13,15H2,(H,23,24,27). The zero-order valence-electron chi connectivity index (χ0n) is 15.3. The number of aromatic nitrogens is 4. The zero-order valence-corrected chi connectivity index (χ0v) is 15.3. The molecule has 0 bridgehead atoms. The first-order chi connectivity index (χ1) is 13.3. The second kappa shape index (κ2) is 8.28. The lowest BCUT2D eigenvalue weighted by Crippen LogP contribution is -2.42. The van der Waals surface area contributed by atoms with E-state index in [9.17, 15) is 4.79 Å². The molecule has 0 unspecified atom stereocenters. The summed E-state index contributed by atoms with van der Waals surface area (Å²) < 4.78 is 1.84. The molecule has 4 rings (SSSR count). The first-order valence-electron chi connectivity index (χ1n) is 9.36. The minimum atomic E-state index is -0.125. The van der Waals surface area contributed by atoms with Gasteiger partial charge in [0.2, 0.25) is 0 Å². The van der Waals surface area contributed by atoms with Crippen molar-refractivity contribution in [1.29, 1.82) is 0 Å². The Kier molecular flexibility index (Phi) is 5.41. The van der Waals surface area contributed by atoms with Crippen LogP contribution in [0.5, 0.6) is 0 Å². The lowest BCUT2D eigenvalue weighted by molar-refractivity contribution is 0.233. The Labute approximate surface area is 158 Å². The van der Waals surface area contributed by atoms with Crippen LogP contribution in [0.1, 0.15) is 11.3 Å². The summed E-state index contributed by atoms with van der Waals surface area (Å²) in [4.78, 5) is 22.0. The van der Waals surface area contributed by atoms with Gasteiger partial charge in [0.1, 0.15) is 5.82 Å². The van der Waals surface area contributed by atoms with Crippen LogP contribution in [0, 0.1) is 0 Å². The normalized spacial score (nSPS) is 15.1. The molecule has 1 fully saturated rings. The van der Waals surface area contributed by atoms with Gasteiger partial charge >= 0.3 is 0 Å². The number of nitrogens with one attached hydrogen (secondary N) is 2. The van der Waals surface area contributed by atoms with E-state index in [-0.39, 0.29) is 5.56 Å². The predicted octanol–water partition coefficient (Wildman–Crippen LogP) is 1.28. The lowest BCUT2D eigenvalue weighted by Gasteiger charge is -2.27. The minimum absolute atomic E-state index is 0.125. The Morgan fingerprint density at radius 3 is 2.67 bits per heavy atom. The highest BCUT2D eigenvalue weighted by molar-refractivity contribution is 5.55. The number of benzene rings is 1. The molecule has 3 aromatic rings. The predicted molar refractivity (Wildman–Crippen MR) is 104 cm³/mol. The maximum atomic E-state index is 12.0. The average Bonchev–Trinajstić information content (AvgIpc) is 3.21. The molecule has 0 amide bonds. The van der Waals surface area contributed by atoms with Crippen molar-refractivity contribution in [3.8, 4) is 11.4 Å². The molecule has 2 N–H and O–H groups in total. The van der Waals surface area contributed by atoms with Gasteiger partial charge in [-0.1, -0.05) is 24.3 Å². The van der Waals surface area contributed by atoms with Crippen LogP contribution in [-0.4, -0.2) is 50.8 Å². The van der Waals surface area contributed by atoms with Crippen molar-refractivity contribution in [2.75, 3.05) is 26.2 Å². The second-order valence-electron chi connectivity index (χ2n) is 6.83. The zero-order chi connectivity index (χ0) is 18.5. The van der Waals surface area contributed by atoms with Crippen molar-refractivity contribution in [1.82, 2.24) is 30.0 Å². The first-order valence-corrected chi connectivity index (χ1v) is 9.36. The van der Waals surface area contributed by atoms with Gasteiger partial charge in [-0.15, -0.1) is 0 Å². The Hall–Kier alpha value is -2.77. The third-order valence-corrected chi connectivity index (χ3v) is 4.79. The van der Waals surface area contributed by atoms with E-state index in [1.54, 1.807) is 12.3 Å². The summed E-state index contributed by atoms with van der Waals surface area (Å²) in [5, 5.41) is 7.56. The number of aryl methyl sites for hydroxylation is 2. The van der Waals surface area contributed by atoms with E-state index in [1.807, 2.05) is 29.1 Å². The van der Waals surface area contributed by atoms with Crippen LogP contribution in [-0.2, 0) is 19.5 Å². The van der Waals surface area contributed by atoms with Crippen LogP contribution in [0.3, 0.4) is 0 Å². The second-order valence-corrected chi connectivity index (χ2v) is 6.83. The van der Waals surface area contributed by atoms with Crippen molar-refractivity contribution in [2.45, 2.75) is 19.5 Å². The number of nitrogens with zero attached hydrogens (tertiary/aromatic N) is 4. The monoisotopic (exact) mass is 364 g/mol. The molecular formula is C20H24N6O. The first kappa shape index (κ1) is 17.6. The Morgan fingerprint density at radius 1 is 1.11 bits per heavy atom. The summed E-state index contributed by atoms with van der Waals surface area (Å²) in [5.74, 6) is 0.617. The molecule has 0 radical (unpaired) electrons. The van der Waals surface area contributed by atoms with Gasteiger partial charge in [-0.25, -0.2) is 4.98 Å². The highest BCUT2D eigenvalue weighted by Crippen LogP contribution is 2.16. The highest BCUT2D eigenvalue weighted by Gasteiger charge is 2.10. The lowest BCUT2D eigenvalue weighted by atomic mass is 10.1. The third kappa shape index (κ3) is 4.69. The van der Waals surface area contributed by atoms with Crippen LogP contribution in [0.25, 0.3) is 11.4 Å². The fourth-order valence-electron chi connectivity index (χ4n) is 3.33. The van der Waals surface area contributed by atoms with E-state index in [4.69, 9.17) is 0 Å². The van der Waals surface area contributed by atoms with Gasteiger partial charge in [0.15, 0.2) is 0 Å². The molecule has 0 aliphatic carbocycles. The summed E-state index contributed by atoms with van der Waals surface area (Å²) in [6.45, 7) is 5.91. The van der Waals surface area contributed by atoms with Crippen molar-refractivity contribution < 1.29 is 0 Å². The van der Waals surface area contributed by atoms with Gasteiger partial charge in [-0.2, -0.15) is 5.10 Å². The number of piperazine rings is 1. The fourth-order valence-corrected chi connectivity index (χ4v) is 3.33. The summed E-state index contributed by atoms with van der Waals surface area (Å²) in [5.41, 5.74) is 2.85. The van der Waals surface area contributed by atoms with Gasteiger partial charge in [-0.05, 0) is 11.6 Å². The van der Waals surface area contributed by atoms with Crippen molar-refractivity contribution in [3.05, 3.63) is 70.4 Å². The highest BCUT2D eigenvalue weighted by atomic mass is 16.1. The maximum absolute atomic E-state index is 12.0. The van der Waals surface area contributed by atoms with Gasteiger partial charge in [0, 0.05) is 69.7 Å². The number of hydrogen-bond acceptors (Lipinski definition) is 5. The summed E-state index contributed by atoms with van der Waals surface area (Å²) in [6.07, 6.45) is 4.32. The van der Waals surface area contributed by atoms with E-state index < -0.39 is 0 Å². The summed E-state index contributed by atoms with van der Waals surface area (Å²) >= 11 is 0. The van der Waals surface area contributed by atoms with Crippen LogP contribution < -0.4 is 10.9 Å². The van der Waals surface area contributed by atoms with E-state index in [2.05, 4.69) is 37.4 Å². The van der Waals surface area contributed by atoms with Crippen LogP contribution in [0.4, 0.5) is 0 Å². The fraction of sp³-hybridized carbons (Fsp3) is 0.350. The van der Waals surface area contributed by atoms with Crippen LogP contribution in [0.2, 0.25) is 0 Å². The molecule has 27 heavy (non-hydrogen) atoms. The van der Waals surface area contributed by atoms with Crippen molar-refractivity contribution in [3.63, 3.8) is 0 Å². The molecule has 7 nitrogen and oxygen atoms in total. The van der Waals surface area contributed by atoms with Crippen LogP contribution >= 0.6 is 0 Å². The van der Waals surface area contributed by atoms with E-state index in [0.717, 1.165) is 44.0 Å². The average molecular weight is 364 g/mol. The Bertz CT molecular complexity index is 910. The van der Waals surface area contributed by atoms with E-state index in [0.29, 0.717) is 18.8 Å². The summed E-state index contributed by atoms with van der Waals surface area (Å²) in [7, 11) is 0. The number of hydrogen-bond donors (Lipinski definition) is 2. The molecule has 1 aliphatic heterocycles. The molecule has 1 saturated heterocycles. The number of aromatic amines is 1. The topological polar surface area (TPSA) is 78.8 Å². The summed E-state index contributed by atoms with van der Waals surface area (Å²) in [6, 6.07) is 11.8. The molecular weight excluding hydrogens is 340 g/mol. The smallest absolute Gasteiger partial charge is 0.251 e. The minimum Gasteiger partial charge on any atom is -0.314 e.